The lowest BCUT2D eigenvalue weighted by atomic mass is 9.81. The second-order valence-corrected chi connectivity index (χ2v) is 6.16. The Labute approximate surface area is 122 Å². The van der Waals surface area contributed by atoms with Gasteiger partial charge in [0.05, 0.1) is 5.54 Å². The van der Waals surface area contributed by atoms with Gasteiger partial charge in [0, 0.05) is 11.6 Å². The fourth-order valence-corrected chi connectivity index (χ4v) is 3.44. The van der Waals surface area contributed by atoms with Gasteiger partial charge in [-0.25, -0.2) is 4.39 Å². The van der Waals surface area contributed by atoms with Crippen molar-refractivity contribution in [1.29, 1.82) is 0 Å². The second kappa shape index (κ2) is 6.68. The molecule has 1 saturated heterocycles. The lowest BCUT2D eigenvalue weighted by molar-refractivity contribution is 0.0946. The molecule has 20 heavy (non-hydrogen) atoms. The summed E-state index contributed by atoms with van der Waals surface area (Å²) in [6, 6.07) is 7.17. The Balaban J connectivity index is 2.28. The molecule has 3 heteroatoms. The van der Waals surface area contributed by atoms with Crippen LogP contribution in [0, 0.1) is 5.82 Å². The molecule has 1 heterocycles. The monoisotopic (exact) mass is 278 g/mol. The number of piperidine rings is 1. The van der Waals surface area contributed by atoms with Gasteiger partial charge in [-0.3, -0.25) is 4.90 Å². The van der Waals surface area contributed by atoms with E-state index in [-0.39, 0.29) is 11.9 Å². The Kier molecular flexibility index (Phi) is 5.17. The Morgan fingerprint density at radius 3 is 2.50 bits per heavy atom. The number of hydrogen-bond acceptors (Lipinski definition) is 2. The molecular formula is C17H27FN2. The molecule has 0 bridgehead atoms. The van der Waals surface area contributed by atoms with Crippen LogP contribution in [0.15, 0.2) is 24.3 Å². The molecule has 2 N–H and O–H groups in total. The molecule has 1 aliphatic heterocycles. The van der Waals surface area contributed by atoms with Gasteiger partial charge in [-0.15, -0.1) is 0 Å². The number of rotatable bonds is 5. The SMILES string of the molecule is CCCC(N1CCCCC1)C(C)(N)c1ccccc1F. The minimum absolute atomic E-state index is 0.185. The molecule has 0 spiro atoms. The Bertz CT molecular complexity index is 425. The number of halogens is 1. The van der Waals surface area contributed by atoms with Crippen molar-refractivity contribution in [1.82, 2.24) is 4.90 Å². The largest absolute Gasteiger partial charge is 0.320 e. The number of nitrogens with two attached hydrogens (primary N) is 1. The predicted octanol–water partition coefficient (Wildman–Crippen LogP) is 3.65. The molecule has 0 aliphatic carbocycles. The predicted molar refractivity (Wildman–Crippen MR) is 82.1 cm³/mol. The third kappa shape index (κ3) is 3.21. The van der Waals surface area contributed by atoms with Crippen LogP contribution in [0.5, 0.6) is 0 Å². The van der Waals surface area contributed by atoms with Crippen molar-refractivity contribution >= 4 is 0 Å². The van der Waals surface area contributed by atoms with Crippen LogP contribution in [-0.4, -0.2) is 24.0 Å². The molecule has 2 rings (SSSR count). The van der Waals surface area contributed by atoms with E-state index >= 15 is 0 Å². The molecule has 0 saturated carbocycles. The van der Waals surface area contributed by atoms with Gasteiger partial charge in [-0.05, 0) is 45.3 Å². The van der Waals surface area contributed by atoms with Crippen LogP contribution >= 0.6 is 0 Å². The van der Waals surface area contributed by atoms with Crippen molar-refractivity contribution in [3.05, 3.63) is 35.6 Å². The maximum absolute atomic E-state index is 14.2. The molecule has 2 nitrogen and oxygen atoms in total. The fourth-order valence-electron chi connectivity index (χ4n) is 3.44. The van der Waals surface area contributed by atoms with E-state index < -0.39 is 5.54 Å². The zero-order chi connectivity index (χ0) is 14.6. The van der Waals surface area contributed by atoms with Gasteiger partial charge >= 0.3 is 0 Å². The van der Waals surface area contributed by atoms with Crippen molar-refractivity contribution in [3.8, 4) is 0 Å². The summed E-state index contributed by atoms with van der Waals surface area (Å²) >= 11 is 0. The summed E-state index contributed by atoms with van der Waals surface area (Å²) in [4.78, 5) is 2.47. The third-order valence-corrected chi connectivity index (χ3v) is 4.54. The summed E-state index contributed by atoms with van der Waals surface area (Å²) < 4.78 is 14.2. The van der Waals surface area contributed by atoms with E-state index in [4.69, 9.17) is 5.73 Å². The highest BCUT2D eigenvalue weighted by molar-refractivity contribution is 5.27. The molecule has 1 aromatic carbocycles. The van der Waals surface area contributed by atoms with Crippen molar-refractivity contribution in [2.45, 2.75) is 57.5 Å². The zero-order valence-corrected chi connectivity index (χ0v) is 12.7. The molecule has 1 fully saturated rings. The van der Waals surface area contributed by atoms with E-state index in [2.05, 4.69) is 11.8 Å². The molecule has 2 atom stereocenters. The van der Waals surface area contributed by atoms with E-state index in [1.54, 1.807) is 6.07 Å². The first kappa shape index (κ1) is 15.5. The van der Waals surface area contributed by atoms with Crippen molar-refractivity contribution in [2.75, 3.05) is 13.1 Å². The Hall–Kier alpha value is -0.930. The van der Waals surface area contributed by atoms with Gasteiger partial charge in [-0.1, -0.05) is 38.0 Å². The first-order valence-electron chi connectivity index (χ1n) is 7.85. The molecule has 112 valence electrons. The minimum atomic E-state index is -0.640. The maximum atomic E-state index is 14.2. The highest BCUT2D eigenvalue weighted by Crippen LogP contribution is 2.31. The topological polar surface area (TPSA) is 29.3 Å². The smallest absolute Gasteiger partial charge is 0.128 e. The van der Waals surface area contributed by atoms with E-state index in [0.29, 0.717) is 5.56 Å². The lowest BCUT2D eigenvalue weighted by Gasteiger charge is -2.44. The number of nitrogens with zero attached hydrogens (tertiary/aromatic N) is 1. The van der Waals surface area contributed by atoms with Crippen LogP contribution in [0.2, 0.25) is 0 Å². The van der Waals surface area contributed by atoms with Crippen LogP contribution < -0.4 is 5.73 Å². The van der Waals surface area contributed by atoms with Gasteiger partial charge < -0.3 is 5.73 Å². The Morgan fingerprint density at radius 2 is 1.90 bits per heavy atom. The van der Waals surface area contributed by atoms with Gasteiger partial charge in [0.15, 0.2) is 0 Å². The van der Waals surface area contributed by atoms with E-state index in [1.165, 1.54) is 25.3 Å². The highest BCUT2D eigenvalue weighted by atomic mass is 19.1. The molecule has 0 aromatic heterocycles. The van der Waals surface area contributed by atoms with Gasteiger partial charge in [0.2, 0.25) is 0 Å². The van der Waals surface area contributed by atoms with Crippen LogP contribution in [-0.2, 0) is 5.54 Å². The fraction of sp³-hybridized carbons (Fsp3) is 0.647. The van der Waals surface area contributed by atoms with Crippen LogP contribution in [0.25, 0.3) is 0 Å². The van der Waals surface area contributed by atoms with Crippen molar-refractivity contribution in [2.24, 2.45) is 5.73 Å². The van der Waals surface area contributed by atoms with Gasteiger partial charge in [0.25, 0.3) is 0 Å². The highest BCUT2D eigenvalue weighted by Gasteiger charge is 2.37. The summed E-state index contributed by atoms with van der Waals surface area (Å²) in [6.45, 7) is 6.34. The Morgan fingerprint density at radius 1 is 1.25 bits per heavy atom. The summed E-state index contributed by atoms with van der Waals surface area (Å²) in [6.07, 6.45) is 5.85. The van der Waals surface area contributed by atoms with E-state index in [0.717, 1.165) is 25.9 Å². The lowest BCUT2D eigenvalue weighted by Crippen LogP contribution is -2.56. The van der Waals surface area contributed by atoms with E-state index in [9.17, 15) is 4.39 Å². The quantitative estimate of drug-likeness (QED) is 0.890. The summed E-state index contributed by atoms with van der Waals surface area (Å²) in [5.41, 5.74) is 6.62. The van der Waals surface area contributed by atoms with Gasteiger partial charge in [-0.2, -0.15) is 0 Å². The molecule has 1 aliphatic rings. The van der Waals surface area contributed by atoms with Crippen molar-refractivity contribution < 1.29 is 4.39 Å². The average molecular weight is 278 g/mol. The normalized spacial score (nSPS) is 21.4. The van der Waals surface area contributed by atoms with Crippen LogP contribution in [0.4, 0.5) is 4.39 Å². The number of likely N-dealkylation sites (tertiary alicyclic amines) is 1. The first-order chi connectivity index (χ1) is 9.57. The summed E-state index contributed by atoms with van der Waals surface area (Å²) in [7, 11) is 0. The molecule has 1 aromatic rings. The molecule has 0 amide bonds. The minimum Gasteiger partial charge on any atom is -0.320 e. The average Bonchev–Trinajstić information content (AvgIpc) is 2.45. The van der Waals surface area contributed by atoms with E-state index in [1.807, 2.05) is 19.1 Å². The summed E-state index contributed by atoms with van der Waals surface area (Å²) in [5.74, 6) is -0.185. The number of hydrogen-bond donors (Lipinski definition) is 1. The zero-order valence-electron chi connectivity index (χ0n) is 12.7. The molecular weight excluding hydrogens is 251 g/mol. The maximum Gasteiger partial charge on any atom is 0.128 e. The standard InChI is InChI=1S/C17H27FN2/c1-3-9-16(20-12-7-4-8-13-20)17(2,19)14-10-5-6-11-15(14)18/h5-6,10-11,16H,3-4,7-9,12-13,19H2,1-2H3. The van der Waals surface area contributed by atoms with Crippen LogP contribution in [0.1, 0.15) is 51.5 Å². The van der Waals surface area contributed by atoms with Gasteiger partial charge in [0.1, 0.15) is 5.82 Å². The second-order valence-electron chi connectivity index (χ2n) is 6.16. The van der Waals surface area contributed by atoms with Crippen molar-refractivity contribution in [3.63, 3.8) is 0 Å². The molecule has 2 unspecified atom stereocenters. The third-order valence-electron chi connectivity index (χ3n) is 4.54. The van der Waals surface area contributed by atoms with Crippen LogP contribution in [0.3, 0.4) is 0 Å². The molecule has 0 radical (unpaired) electrons. The number of benzene rings is 1. The summed E-state index contributed by atoms with van der Waals surface area (Å²) in [5, 5.41) is 0. The first-order valence-corrected chi connectivity index (χ1v) is 7.85.